The van der Waals surface area contributed by atoms with E-state index in [0.717, 1.165) is 11.1 Å². The van der Waals surface area contributed by atoms with Crippen molar-refractivity contribution in [3.8, 4) is 0 Å². The number of allylic oxidation sites excluding steroid dienone is 1. The molecule has 0 fully saturated rings. The Morgan fingerprint density at radius 1 is 1.30 bits per heavy atom. The summed E-state index contributed by atoms with van der Waals surface area (Å²) in [6.45, 7) is 5.78. The van der Waals surface area contributed by atoms with Crippen molar-refractivity contribution in [2.45, 2.75) is 32.9 Å². The summed E-state index contributed by atoms with van der Waals surface area (Å²) in [5, 5.41) is 2.67. The normalized spacial score (nSPS) is 16.6. The van der Waals surface area contributed by atoms with Crippen molar-refractivity contribution in [2.75, 3.05) is 6.61 Å². The molecular formula is C18H21NO4. The van der Waals surface area contributed by atoms with E-state index in [1.165, 1.54) is 6.08 Å². The lowest BCUT2D eigenvalue weighted by Gasteiger charge is -2.18. The number of hydrogen-bond donors (Lipinski definition) is 1. The molecule has 1 amide bonds. The van der Waals surface area contributed by atoms with Gasteiger partial charge in [-0.15, -0.1) is 0 Å². The molecular weight excluding hydrogens is 294 g/mol. The maximum absolute atomic E-state index is 11.7. The minimum Gasteiger partial charge on any atom is -0.479 e. The van der Waals surface area contributed by atoms with Crippen LogP contribution >= 0.6 is 0 Å². The molecule has 0 saturated carbocycles. The zero-order valence-electron chi connectivity index (χ0n) is 13.6. The third-order valence-electron chi connectivity index (χ3n) is 3.49. The van der Waals surface area contributed by atoms with Crippen molar-refractivity contribution < 1.29 is 19.1 Å². The molecule has 0 aliphatic carbocycles. The zero-order chi connectivity index (χ0) is 16.9. The van der Waals surface area contributed by atoms with Gasteiger partial charge in [-0.3, -0.25) is 4.79 Å². The van der Waals surface area contributed by atoms with Gasteiger partial charge in [-0.05, 0) is 38.0 Å². The van der Waals surface area contributed by atoms with E-state index in [1.54, 1.807) is 19.9 Å². The van der Waals surface area contributed by atoms with Crippen LogP contribution in [0.25, 0.3) is 0 Å². The molecule has 0 bridgehead atoms. The van der Waals surface area contributed by atoms with Crippen LogP contribution in [0.4, 0.5) is 4.79 Å². The number of hydrogen-bond acceptors (Lipinski definition) is 4. The van der Waals surface area contributed by atoms with Crippen LogP contribution in [0.3, 0.4) is 0 Å². The van der Waals surface area contributed by atoms with Gasteiger partial charge in [0, 0.05) is 12.6 Å². The Morgan fingerprint density at radius 3 is 2.61 bits per heavy atom. The first-order valence-electron chi connectivity index (χ1n) is 7.45. The van der Waals surface area contributed by atoms with Crippen LogP contribution in [-0.4, -0.2) is 24.1 Å². The number of carbonyl (C=O) groups is 2. The molecule has 1 aliphatic heterocycles. The molecule has 0 atom stereocenters. The minimum absolute atomic E-state index is 0.0678. The maximum Gasteiger partial charge on any atom is 0.407 e. The minimum atomic E-state index is -0.821. The summed E-state index contributed by atoms with van der Waals surface area (Å²) in [6, 6.07) is 9.58. The lowest BCUT2D eigenvalue weighted by atomic mass is 10.1. The Bertz CT molecular complexity index is 644. The number of alkyl carbamates (subject to hydrolysis) is 1. The van der Waals surface area contributed by atoms with Gasteiger partial charge in [-0.1, -0.05) is 30.3 Å². The van der Waals surface area contributed by atoms with Crippen LogP contribution < -0.4 is 5.32 Å². The van der Waals surface area contributed by atoms with E-state index < -0.39 is 11.7 Å². The lowest BCUT2D eigenvalue weighted by molar-refractivity contribution is -0.126. The second-order valence-corrected chi connectivity index (χ2v) is 5.81. The Morgan fingerprint density at radius 2 is 2.00 bits per heavy atom. The van der Waals surface area contributed by atoms with Crippen LogP contribution in [0.2, 0.25) is 0 Å². The number of rotatable bonds is 5. The maximum atomic E-state index is 11.7. The van der Waals surface area contributed by atoms with Gasteiger partial charge in [0.1, 0.15) is 12.4 Å². The van der Waals surface area contributed by atoms with Crippen molar-refractivity contribution in [1.29, 1.82) is 0 Å². The molecule has 0 spiro atoms. The number of carbonyl (C=O) groups excluding carboxylic acids is 2. The molecule has 1 aliphatic rings. The van der Waals surface area contributed by atoms with Crippen molar-refractivity contribution in [3.05, 3.63) is 59.4 Å². The quantitative estimate of drug-likeness (QED) is 0.906. The largest absolute Gasteiger partial charge is 0.479 e. The average molecular weight is 315 g/mol. The fourth-order valence-corrected chi connectivity index (χ4v) is 2.01. The SMILES string of the molecule is C/C(=C\COC(=O)NCc1ccccc1)C1=CC(=O)C(C)(C)O1. The number of nitrogens with one attached hydrogen (secondary N) is 1. The molecule has 1 aromatic carbocycles. The van der Waals surface area contributed by atoms with Crippen LogP contribution in [0.15, 0.2) is 53.8 Å². The number of ether oxygens (including phenoxy) is 2. The van der Waals surface area contributed by atoms with Gasteiger partial charge in [0.2, 0.25) is 5.78 Å². The molecule has 0 radical (unpaired) electrons. The smallest absolute Gasteiger partial charge is 0.407 e. The van der Waals surface area contributed by atoms with Gasteiger partial charge < -0.3 is 14.8 Å². The Kier molecular flexibility index (Phi) is 5.21. The predicted molar refractivity (Wildman–Crippen MR) is 86.6 cm³/mol. The van der Waals surface area contributed by atoms with Crippen LogP contribution in [-0.2, 0) is 20.8 Å². The van der Waals surface area contributed by atoms with E-state index in [1.807, 2.05) is 37.3 Å². The first-order chi connectivity index (χ1) is 10.9. The molecule has 0 unspecified atom stereocenters. The predicted octanol–water partition coefficient (Wildman–Crippen LogP) is 3.12. The monoisotopic (exact) mass is 315 g/mol. The van der Waals surface area contributed by atoms with E-state index in [9.17, 15) is 9.59 Å². The third-order valence-corrected chi connectivity index (χ3v) is 3.49. The van der Waals surface area contributed by atoms with E-state index in [2.05, 4.69) is 5.32 Å². The first kappa shape index (κ1) is 16.8. The molecule has 0 saturated heterocycles. The van der Waals surface area contributed by atoms with E-state index in [4.69, 9.17) is 9.47 Å². The highest BCUT2D eigenvalue weighted by Crippen LogP contribution is 2.28. The Hall–Kier alpha value is -2.56. The fraction of sp³-hybridized carbons (Fsp3) is 0.333. The van der Waals surface area contributed by atoms with Crippen LogP contribution in [0, 0.1) is 0 Å². The van der Waals surface area contributed by atoms with Gasteiger partial charge >= 0.3 is 6.09 Å². The molecule has 2 rings (SSSR count). The topological polar surface area (TPSA) is 64.6 Å². The fourth-order valence-electron chi connectivity index (χ4n) is 2.01. The second kappa shape index (κ2) is 7.13. The molecule has 0 aromatic heterocycles. The molecule has 122 valence electrons. The number of ketones is 1. The highest BCUT2D eigenvalue weighted by atomic mass is 16.5. The Labute approximate surface area is 136 Å². The molecule has 1 N–H and O–H groups in total. The third kappa shape index (κ3) is 4.71. The Balaban J connectivity index is 1.76. The average Bonchev–Trinajstić information content (AvgIpc) is 2.80. The van der Waals surface area contributed by atoms with Gasteiger partial charge in [0.05, 0.1) is 0 Å². The van der Waals surface area contributed by atoms with E-state index in [-0.39, 0.29) is 12.4 Å². The van der Waals surface area contributed by atoms with Crippen LogP contribution in [0.1, 0.15) is 26.3 Å². The highest BCUT2D eigenvalue weighted by Gasteiger charge is 2.35. The molecule has 5 nitrogen and oxygen atoms in total. The van der Waals surface area contributed by atoms with Gasteiger partial charge in [-0.25, -0.2) is 4.79 Å². The summed E-state index contributed by atoms with van der Waals surface area (Å²) in [5.41, 5.74) is 0.944. The molecule has 5 heteroatoms. The van der Waals surface area contributed by atoms with Gasteiger partial charge in [0.15, 0.2) is 5.60 Å². The van der Waals surface area contributed by atoms with Crippen LogP contribution in [0.5, 0.6) is 0 Å². The summed E-state index contributed by atoms with van der Waals surface area (Å²) in [6.07, 6.45) is 2.69. The second-order valence-electron chi connectivity index (χ2n) is 5.81. The lowest BCUT2D eigenvalue weighted by Crippen LogP contribution is -2.27. The van der Waals surface area contributed by atoms with Crippen molar-refractivity contribution >= 4 is 11.9 Å². The summed E-state index contributed by atoms with van der Waals surface area (Å²) in [7, 11) is 0. The zero-order valence-corrected chi connectivity index (χ0v) is 13.6. The van der Waals surface area contributed by atoms with E-state index >= 15 is 0 Å². The molecule has 23 heavy (non-hydrogen) atoms. The summed E-state index contributed by atoms with van der Waals surface area (Å²) in [5.74, 6) is 0.454. The number of benzene rings is 1. The summed E-state index contributed by atoms with van der Waals surface area (Å²) < 4.78 is 10.7. The molecule has 1 heterocycles. The molecule has 1 aromatic rings. The van der Waals surface area contributed by atoms with Crippen molar-refractivity contribution in [1.82, 2.24) is 5.32 Å². The number of amides is 1. The standard InChI is InChI=1S/C18H21NO4/c1-13(15-11-16(20)18(2,3)23-15)9-10-22-17(21)19-12-14-7-5-4-6-8-14/h4-9,11H,10,12H2,1-3H3,(H,19,21)/b13-9+. The van der Waals surface area contributed by atoms with Crippen molar-refractivity contribution in [2.24, 2.45) is 0 Å². The van der Waals surface area contributed by atoms with Gasteiger partial charge in [-0.2, -0.15) is 0 Å². The summed E-state index contributed by atoms with van der Waals surface area (Å²) >= 11 is 0. The van der Waals surface area contributed by atoms with E-state index in [0.29, 0.717) is 12.3 Å². The highest BCUT2D eigenvalue weighted by molar-refractivity contribution is 5.99. The first-order valence-corrected chi connectivity index (χ1v) is 7.45. The summed E-state index contributed by atoms with van der Waals surface area (Å²) in [4.78, 5) is 23.3. The van der Waals surface area contributed by atoms with Gasteiger partial charge in [0.25, 0.3) is 0 Å². The van der Waals surface area contributed by atoms with Crippen molar-refractivity contribution in [3.63, 3.8) is 0 Å².